The maximum absolute atomic E-state index is 5.74. The highest BCUT2D eigenvalue weighted by Crippen LogP contribution is 2.26. The van der Waals surface area contributed by atoms with E-state index in [4.69, 9.17) is 10.3 Å². The fraction of sp³-hybridized carbons (Fsp3) is 0.375. The van der Waals surface area contributed by atoms with Crippen molar-refractivity contribution in [2.24, 2.45) is 5.84 Å². The first-order valence-electron chi connectivity index (χ1n) is 6.61. The van der Waals surface area contributed by atoms with Crippen LogP contribution in [-0.4, -0.2) is 0 Å². The van der Waals surface area contributed by atoms with E-state index in [9.17, 15) is 0 Å². The molecule has 0 aliphatic heterocycles. The molecule has 0 radical (unpaired) electrons. The van der Waals surface area contributed by atoms with Crippen LogP contribution in [-0.2, 0) is 6.42 Å². The molecule has 0 fully saturated rings. The molecule has 3 N–H and O–H groups in total. The number of nitrogens with two attached hydrogens (primary N) is 1. The zero-order valence-corrected chi connectivity index (χ0v) is 12.1. The van der Waals surface area contributed by atoms with Crippen LogP contribution in [0.1, 0.15) is 39.8 Å². The molecule has 1 heterocycles. The number of rotatable bonds is 4. The predicted molar refractivity (Wildman–Crippen MR) is 77.9 cm³/mol. The molecule has 1 unspecified atom stereocenters. The molecule has 0 amide bonds. The van der Waals surface area contributed by atoms with E-state index >= 15 is 0 Å². The second-order valence-electron chi connectivity index (χ2n) is 5.16. The van der Waals surface area contributed by atoms with Crippen LogP contribution in [0.3, 0.4) is 0 Å². The molecule has 0 aliphatic carbocycles. The summed E-state index contributed by atoms with van der Waals surface area (Å²) in [6.45, 7) is 8.23. The SMILES string of the molecule is Cc1cc(C(Cc2c(C)cccc2C)NN)c(C)o1. The Morgan fingerprint density at radius 2 is 1.79 bits per heavy atom. The van der Waals surface area contributed by atoms with Crippen molar-refractivity contribution in [3.63, 3.8) is 0 Å². The zero-order valence-electron chi connectivity index (χ0n) is 12.1. The Hall–Kier alpha value is -1.58. The molecule has 0 bridgehead atoms. The Labute approximate surface area is 114 Å². The van der Waals surface area contributed by atoms with Gasteiger partial charge in [0.2, 0.25) is 0 Å². The molecule has 2 rings (SSSR count). The largest absolute Gasteiger partial charge is 0.466 e. The minimum atomic E-state index is 0.0808. The van der Waals surface area contributed by atoms with Gasteiger partial charge in [-0.3, -0.25) is 11.3 Å². The van der Waals surface area contributed by atoms with Crippen LogP contribution in [0, 0.1) is 27.7 Å². The average molecular weight is 258 g/mol. The number of aryl methyl sites for hydroxylation is 4. The van der Waals surface area contributed by atoms with Gasteiger partial charge in [0.15, 0.2) is 0 Å². The first kappa shape index (κ1) is 13.8. The smallest absolute Gasteiger partial charge is 0.105 e. The van der Waals surface area contributed by atoms with Gasteiger partial charge in [0.25, 0.3) is 0 Å². The van der Waals surface area contributed by atoms with Crippen molar-refractivity contribution >= 4 is 0 Å². The lowest BCUT2D eigenvalue weighted by Gasteiger charge is -2.18. The highest BCUT2D eigenvalue weighted by molar-refractivity contribution is 5.36. The summed E-state index contributed by atoms with van der Waals surface area (Å²) >= 11 is 0. The van der Waals surface area contributed by atoms with Crippen molar-refractivity contribution in [3.8, 4) is 0 Å². The van der Waals surface area contributed by atoms with Crippen molar-refractivity contribution < 1.29 is 4.42 Å². The molecule has 0 aliphatic rings. The summed E-state index contributed by atoms with van der Waals surface area (Å²) in [5.74, 6) is 7.60. The van der Waals surface area contributed by atoms with Gasteiger partial charge >= 0.3 is 0 Å². The molecule has 19 heavy (non-hydrogen) atoms. The van der Waals surface area contributed by atoms with Gasteiger partial charge < -0.3 is 4.42 Å². The van der Waals surface area contributed by atoms with E-state index in [0.717, 1.165) is 23.5 Å². The van der Waals surface area contributed by atoms with E-state index in [-0.39, 0.29) is 6.04 Å². The highest BCUT2D eigenvalue weighted by Gasteiger charge is 2.18. The molecule has 1 atom stereocenters. The van der Waals surface area contributed by atoms with Gasteiger partial charge in [-0.1, -0.05) is 18.2 Å². The lowest BCUT2D eigenvalue weighted by molar-refractivity contribution is 0.484. The van der Waals surface area contributed by atoms with Gasteiger partial charge in [-0.05, 0) is 56.9 Å². The van der Waals surface area contributed by atoms with Crippen molar-refractivity contribution in [1.82, 2.24) is 5.43 Å². The summed E-state index contributed by atoms with van der Waals surface area (Å²) in [6.07, 6.45) is 0.870. The molecule has 0 saturated carbocycles. The first-order valence-corrected chi connectivity index (χ1v) is 6.61. The van der Waals surface area contributed by atoms with Crippen molar-refractivity contribution in [2.45, 2.75) is 40.2 Å². The molecule has 0 spiro atoms. The van der Waals surface area contributed by atoms with Crippen LogP contribution >= 0.6 is 0 Å². The molecule has 1 aromatic carbocycles. The summed E-state index contributed by atoms with van der Waals surface area (Å²) in [5.41, 5.74) is 8.02. The Morgan fingerprint density at radius 3 is 2.26 bits per heavy atom. The topological polar surface area (TPSA) is 51.2 Å². The third kappa shape index (κ3) is 2.88. The Morgan fingerprint density at radius 1 is 1.16 bits per heavy atom. The Balaban J connectivity index is 2.32. The zero-order chi connectivity index (χ0) is 14.0. The van der Waals surface area contributed by atoms with E-state index in [0.29, 0.717) is 0 Å². The fourth-order valence-corrected chi connectivity index (χ4v) is 2.63. The second-order valence-corrected chi connectivity index (χ2v) is 5.16. The Bertz CT molecular complexity index is 552. The van der Waals surface area contributed by atoms with E-state index in [2.05, 4.69) is 43.5 Å². The monoisotopic (exact) mass is 258 g/mol. The quantitative estimate of drug-likeness (QED) is 0.653. The average Bonchev–Trinajstić information content (AvgIpc) is 2.68. The molecule has 0 saturated heterocycles. The van der Waals surface area contributed by atoms with E-state index in [1.54, 1.807) is 0 Å². The number of hydrazine groups is 1. The molecular formula is C16H22N2O. The van der Waals surface area contributed by atoms with E-state index < -0.39 is 0 Å². The maximum Gasteiger partial charge on any atom is 0.105 e. The molecule has 2 aromatic rings. The number of nitrogens with one attached hydrogen (secondary N) is 1. The summed E-state index contributed by atoms with van der Waals surface area (Å²) < 4.78 is 5.60. The lowest BCUT2D eigenvalue weighted by atomic mass is 9.93. The van der Waals surface area contributed by atoms with Crippen LogP contribution < -0.4 is 11.3 Å². The van der Waals surface area contributed by atoms with Crippen molar-refractivity contribution in [3.05, 3.63) is 58.0 Å². The summed E-state index contributed by atoms with van der Waals surface area (Å²) in [4.78, 5) is 0. The lowest BCUT2D eigenvalue weighted by Crippen LogP contribution is -2.30. The number of hydrogen-bond acceptors (Lipinski definition) is 3. The fourth-order valence-electron chi connectivity index (χ4n) is 2.63. The molecule has 1 aromatic heterocycles. The predicted octanol–water partition coefficient (Wildman–Crippen LogP) is 3.26. The molecule has 102 valence electrons. The summed E-state index contributed by atoms with van der Waals surface area (Å²) in [7, 11) is 0. The summed E-state index contributed by atoms with van der Waals surface area (Å²) in [6, 6.07) is 8.52. The van der Waals surface area contributed by atoms with Gasteiger partial charge in [-0.2, -0.15) is 0 Å². The molecule has 3 nitrogen and oxygen atoms in total. The minimum Gasteiger partial charge on any atom is -0.466 e. The standard InChI is InChI=1S/C16H22N2O/c1-10-6-5-7-11(2)14(10)9-16(18-17)15-8-12(3)19-13(15)4/h5-8,16,18H,9,17H2,1-4H3. The Kier molecular flexibility index (Phi) is 4.08. The van der Waals surface area contributed by atoms with Gasteiger partial charge in [-0.15, -0.1) is 0 Å². The van der Waals surface area contributed by atoms with Crippen LogP contribution in [0.25, 0.3) is 0 Å². The van der Waals surface area contributed by atoms with Crippen molar-refractivity contribution in [1.29, 1.82) is 0 Å². The second kappa shape index (κ2) is 5.59. The van der Waals surface area contributed by atoms with Gasteiger partial charge in [-0.25, -0.2) is 0 Å². The molecule has 3 heteroatoms. The number of hydrogen-bond donors (Lipinski definition) is 2. The third-order valence-electron chi connectivity index (χ3n) is 3.71. The minimum absolute atomic E-state index is 0.0808. The first-order chi connectivity index (χ1) is 9.02. The normalized spacial score (nSPS) is 12.7. The number of benzene rings is 1. The number of furan rings is 1. The van der Waals surface area contributed by atoms with Crippen molar-refractivity contribution in [2.75, 3.05) is 0 Å². The van der Waals surface area contributed by atoms with Gasteiger partial charge in [0, 0.05) is 5.56 Å². The van der Waals surface area contributed by atoms with E-state index in [1.165, 1.54) is 16.7 Å². The van der Waals surface area contributed by atoms with Gasteiger partial charge in [0.05, 0.1) is 6.04 Å². The summed E-state index contributed by atoms with van der Waals surface area (Å²) in [5, 5.41) is 0. The van der Waals surface area contributed by atoms with Crippen LogP contribution in [0.5, 0.6) is 0 Å². The molecular weight excluding hydrogens is 236 g/mol. The van der Waals surface area contributed by atoms with Gasteiger partial charge in [0.1, 0.15) is 11.5 Å². The maximum atomic E-state index is 5.74. The van der Waals surface area contributed by atoms with Crippen LogP contribution in [0.15, 0.2) is 28.7 Å². The third-order valence-corrected chi connectivity index (χ3v) is 3.71. The highest BCUT2D eigenvalue weighted by atomic mass is 16.3. The van der Waals surface area contributed by atoms with Crippen LogP contribution in [0.4, 0.5) is 0 Å². The van der Waals surface area contributed by atoms with Crippen LogP contribution in [0.2, 0.25) is 0 Å². The van der Waals surface area contributed by atoms with E-state index in [1.807, 2.05) is 13.8 Å².